The minimum Gasteiger partial charge on any atom is -0.265 e. The molecule has 6 heterocycles. The van der Waals surface area contributed by atoms with E-state index in [4.69, 9.17) is 44.9 Å². The van der Waals surface area contributed by atoms with Gasteiger partial charge in [0.25, 0.3) is 0 Å². The largest absolute Gasteiger partial charge is 0.265 e. The number of benzene rings is 12. The van der Waals surface area contributed by atoms with E-state index in [1.165, 1.54) is 0 Å². The molecule has 6 aromatic heterocycles. The van der Waals surface area contributed by atoms with Crippen LogP contribution in [0.25, 0.3) is 169 Å². The summed E-state index contributed by atoms with van der Waals surface area (Å²) in [6, 6.07) is 125. The van der Waals surface area contributed by atoms with Gasteiger partial charge < -0.3 is 0 Å². The molecule has 18 rings (SSSR count). The van der Waals surface area contributed by atoms with Crippen molar-refractivity contribution < 1.29 is 0 Å². The van der Waals surface area contributed by atoms with Crippen LogP contribution in [0.3, 0.4) is 0 Å². The molecule has 0 aliphatic rings. The Morgan fingerprint density at radius 3 is 0.685 bits per heavy atom. The Kier molecular flexibility index (Phi) is 20.4. The third kappa shape index (κ3) is 16.3. The highest BCUT2D eigenvalue weighted by molar-refractivity contribution is 5.80. The maximum Gasteiger partial charge on any atom is 0.164 e. The summed E-state index contributed by atoms with van der Waals surface area (Å²) >= 11 is 0. The Labute approximate surface area is 626 Å². The summed E-state index contributed by atoms with van der Waals surface area (Å²) in [4.78, 5) is 56.4. The van der Waals surface area contributed by atoms with Crippen LogP contribution in [0.2, 0.25) is 0 Å². The molecule has 0 radical (unpaired) electrons. The van der Waals surface area contributed by atoms with Crippen LogP contribution in [0.5, 0.6) is 0 Å². The first-order valence-electron chi connectivity index (χ1n) is 35.5. The molecule has 12 nitrogen and oxygen atoms in total. The van der Waals surface area contributed by atoms with Crippen LogP contribution in [0.1, 0.15) is 0 Å². The molecule has 0 fully saturated rings. The fraction of sp³-hybridized carbons (Fsp3) is 0. The second-order valence-electron chi connectivity index (χ2n) is 25.3. The van der Waals surface area contributed by atoms with Gasteiger partial charge in [0, 0.05) is 92.2 Å². The van der Waals surface area contributed by atoms with Gasteiger partial charge >= 0.3 is 0 Å². The zero-order valence-electron chi connectivity index (χ0n) is 58.5. The second kappa shape index (κ2) is 32.6. The summed E-state index contributed by atoms with van der Waals surface area (Å²) < 4.78 is 0. The lowest BCUT2D eigenvalue weighted by Gasteiger charge is -2.10. The minimum absolute atomic E-state index is 0.644. The first kappa shape index (κ1) is 67.6. The van der Waals surface area contributed by atoms with E-state index in [1.807, 2.05) is 267 Å². The van der Waals surface area contributed by atoms with E-state index in [2.05, 4.69) is 142 Å². The van der Waals surface area contributed by atoms with Crippen molar-refractivity contribution in [3.05, 3.63) is 401 Å². The van der Waals surface area contributed by atoms with Gasteiger partial charge in [0.05, 0.1) is 5.69 Å². The Morgan fingerprint density at radius 1 is 0.130 bits per heavy atom. The van der Waals surface area contributed by atoms with Crippen molar-refractivity contribution in [2.75, 3.05) is 0 Å². The molecular weight excluding hydrogens is 1320 g/mol. The zero-order valence-corrected chi connectivity index (χ0v) is 58.5. The quantitative estimate of drug-likeness (QED) is 0.0959. The third-order valence-electron chi connectivity index (χ3n) is 18.0. The molecular formula is C96H66N12. The predicted octanol–water partition coefficient (Wildman–Crippen LogP) is 22.8. The fourth-order valence-corrected chi connectivity index (χ4v) is 12.5. The number of hydrogen-bond donors (Lipinski definition) is 0. The van der Waals surface area contributed by atoms with Gasteiger partial charge in [-0.15, -0.1) is 0 Å². The summed E-state index contributed by atoms with van der Waals surface area (Å²) in [6.45, 7) is 0. The van der Waals surface area contributed by atoms with Crippen LogP contribution in [-0.2, 0) is 0 Å². The topological polar surface area (TPSA) is 155 Å². The van der Waals surface area contributed by atoms with Gasteiger partial charge in [0.15, 0.2) is 52.4 Å². The molecule has 0 spiro atoms. The average Bonchev–Trinajstić information content (AvgIpc) is 0.804. The van der Waals surface area contributed by atoms with Crippen molar-refractivity contribution in [2.45, 2.75) is 0 Å². The molecule has 0 aliphatic carbocycles. The van der Waals surface area contributed by atoms with E-state index in [0.717, 1.165) is 117 Å². The molecule has 0 atom stereocenters. The highest BCUT2D eigenvalue weighted by Gasteiger charge is 2.18. The molecule has 12 aromatic carbocycles. The van der Waals surface area contributed by atoms with Crippen molar-refractivity contribution >= 4 is 0 Å². The van der Waals surface area contributed by atoms with Gasteiger partial charge in [-0.25, -0.2) is 44.9 Å². The van der Waals surface area contributed by atoms with E-state index in [0.29, 0.717) is 52.4 Å². The van der Waals surface area contributed by atoms with E-state index in [-0.39, 0.29) is 0 Å². The van der Waals surface area contributed by atoms with Crippen LogP contribution in [-0.4, -0.2) is 59.8 Å². The van der Waals surface area contributed by atoms with Gasteiger partial charge in [-0.3, -0.25) is 15.0 Å². The van der Waals surface area contributed by atoms with Crippen LogP contribution in [0, 0.1) is 0 Å². The molecule has 18 aromatic rings. The summed E-state index contributed by atoms with van der Waals surface area (Å²) in [5.41, 5.74) is 21.8. The number of pyridine rings is 3. The molecule has 12 heteroatoms. The standard InChI is InChI=1S/3C32H22N4/c1-3-10-23(11-4-1)30-34-31(24-12-5-2-6-13-24)36-32(35-30)28-17-8-15-26(21-28)25-14-7-16-27(20-25)29-18-9-19-33-22-29;1-3-11-23(12-4-1)30-34-31(24-13-5-2-6-14-24)36-32(35-30)28-18-10-16-26(22-28)25-15-9-17-27(21-25)29-19-7-8-20-33-29;1-3-8-26(9-4-1)30-34-31(27-10-5-2-6-11-27)36-32(35-30)29-13-7-12-28(22-29)24-16-14-23(15-17-24)25-18-20-33-21-19-25/h3*1-22H. The molecule has 510 valence electrons. The number of rotatable bonds is 15. The second-order valence-corrected chi connectivity index (χ2v) is 25.3. The van der Waals surface area contributed by atoms with Gasteiger partial charge in [0.1, 0.15) is 0 Å². The Hall–Kier alpha value is -14.9. The smallest absolute Gasteiger partial charge is 0.164 e. The number of aromatic nitrogens is 12. The van der Waals surface area contributed by atoms with Crippen LogP contribution < -0.4 is 0 Å². The molecule has 0 N–H and O–H groups in total. The van der Waals surface area contributed by atoms with Crippen molar-refractivity contribution in [1.82, 2.24) is 59.8 Å². The van der Waals surface area contributed by atoms with Gasteiger partial charge in [-0.05, 0) is 111 Å². The van der Waals surface area contributed by atoms with E-state index < -0.39 is 0 Å². The predicted molar refractivity (Wildman–Crippen MR) is 434 cm³/mol. The number of nitrogens with zero attached hydrogens (tertiary/aromatic N) is 12. The van der Waals surface area contributed by atoms with Crippen molar-refractivity contribution in [3.63, 3.8) is 0 Å². The minimum atomic E-state index is 0.644. The van der Waals surface area contributed by atoms with Gasteiger partial charge in [-0.1, -0.05) is 309 Å². The van der Waals surface area contributed by atoms with E-state index in [9.17, 15) is 0 Å². The number of hydrogen-bond acceptors (Lipinski definition) is 12. The van der Waals surface area contributed by atoms with Crippen LogP contribution in [0.15, 0.2) is 401 Å². The van der Waals surface area contributed by atoms with E-state index in [1.54, 1.807) is 6.20 Å². The average molecular weight is 1390 g/mol. The molecule has 0 amide bonds. The van der Waals surface area contributed by atoms with Crippen molar-refractivity contribution in [1.29, 1.82) is 0 Å². The van der Waals surface area contributed by atoms with E-state index >= 15 is 0 Å². The Bertz CT molecular complexity index is 5590. The molecule has 0 saturated carbocycles. The summed E-state index contributed by atoms with van der Waals surface area (Å²) in [6.07, 6.45) is 9.12. The highest BCUT2D eigenvalue weighted by Crippen LogP contribution is 2.35. The molecule has 0 saturated heterocycles. The van der Waals surface area contributed by atoms with Gasteiger partial charge in [-0.2, -0.15) is 0 Å². The lowest BCUT2D eigenvalue weighted by molar-refractivity contribution is 1.07. The Balaban J connectivity index is 0.000000124. The van der Waals surface area contributed by atoms with Crippen molar-refractivity contribution in [3.8, 4) is 169 Å². The lowest BCUT2D eigenvalue weighted by atomic mass is 9.98. The molecule has 0 bridgehead atoms. The van der Waals surface area contributed by atoms with Crippen LogP contribution in [0.4, 0.5) is 0 Å². The maximum absolute atomic E-state index is 4.87. The Morgan fingerprint density at radius 2 is 0.370 bits per heavy atom. The zero-order chi connectivity index (χ0) is 72.5. The molecule has 0 unspecified atom stereocenters. The SMILES string of the molecule is c1ccc(-c2nc(-c3ccccc3)nc(-c3cccc(-c4ccc(-c5ccncc5)cc4)c3)n2)cc1.c1ccc(-c2nc(-c3ccccc3)nc(-c3cccc(-c4cccc(-c5ccccn5)c4)c3)n2)cc1.c1ccc(-c2nc(-c3ccccc3)nc(-c3cccc(-c4cccc(-c5cccnc5)c4)c3)n2)cc1. The molecule has 108 heavy (non-hydrogen) atoms. The summed E-state index contributed by atoms with van der Waals surface area (Å²) in [7, 11) is 0. The first-order chi connectivity index (χ1) is 53.5. The van der Waals surface area contributed by atoms with Crippen molar-refractivity contribution in [2.24, 2.45) is 0 Å². The van der Waals surface area contributed by atoms with Gasteiger partial charge in [0.2, 0.25) is 0 Å². The first-order valence-corrected chi connectivity index (χ1v) is 35.5. The summed E-state index contributed by atoms with van der Waals surface area (Å²) in [5.74, 6) is 5.88. The lowest BCUT2D eigenvalue weighted by Crippen LogP contribution is -2.00. The fourth-order valence-electron chi connectivity index (χ4n) is 12.5. The maximum atomic E-state index is 4.87. The highest BCUT2D eigenvalue weighted by atomic mass is 15.1. The normalized spacial score (nSPS) is 10.8. The summed E-state index contributed by atoms with van der Waals surface area (Å²) in [5, 5.41) is 0. The third-order valence-corrected chi connectivity index (χ3v) is 18.0. The van der Waals surface area contributed by atoms with Crippen LogP contribution >= 0.6 is 0 Å². The molecule has 0 aliphatic heterocycles. The monoisotopic (exact) mass is 1390 g/mol.